The maximum atomic E-state index is 12.6. The number of pyridine rings is 2. The van der Waals surface area contributed by atoms with Crippen LogP contribution in [0.4, 0.5) is 0 Å². The Bertz CT molecular complexity index is 845. The second-order valence-electron chi connectivity index (χ2n) is 8.50. The van der Waals surface area contributed by atoms with Gasteiger partial charge >= 0.3 is 0 Å². The molecule has 0 aromatic carbocycles. The van der Waals surface area contributed by atoms with Gasteiger partial charge < -0.3 is 15.1 Å². The molecule has 0 unspecified atom stereocenters. The summed E-state index contributed by atoms with van der Waals surface area (Å²) in [5.41, 5.74) is 1.86. The third-order valence-corrected chi connectivity index (χ3v) is 6.48. The van der Waals surface area contributed by atoms with Gasteiger partial charge in [0.2, 0.25) is 11.8 Å². The van der Waals surface area contributed by atoms with Gasteiger partial charge in [-0.15, -0.1) is 0 Å². The number of nitrogens with zero attached hydrogens (tertiary/aromatic N) is 4. The molecule has 2 fully saturated rings. The Morgan fingerprint density at radius 1 is 0.968 bits per heavy atom. The Hall–Kier alpha value is -2.80. The van der Waals surface area contributed by atoms with Crippen molar-refractivity contribution < 1.29 is 9.59 Å². The first-order valence-electron chi connectivity index (χ1n) is 11.3. The van der Waals surface area contributed by atoms with Gasteiger partial charge in [0.15, 0.2) is 0 Å². The molecular formula is C24H31N5O2. The summed E-state index contributed by atoms with van der Waals surface area (Å²) in [4.78, 5) is 37.9. The third kappa shape index (κ3) is 5.88. The fourth-order valence-electron chi connectivity index (χ4n) is 4.62. The zero-order valence-electron chi connectivity index (χ0n) is 17.9. The van der Waals surface area contributed by atoms with Crippen LogP contribution in [0.5, 0.6) is 0 Å². The van der Waals surface area contributed by atoms with E-state index in [4.69, 9.17) is 0 Å². The summed E-state index contributed by atoms with van der Waals surface area (Å²) in [6.45, 7) is 4.03. The number of hydrogen-bond acceptors (Lipinski definition) is 5. The fourth-order valence-corrected chi connectivity index (χ4v) is 4.62. The van der Waals surface area contributed by atoms with E-state index in [-0.39, 0.29) is 17.7 Å². The third-order valence-electron chi connectivity index (χ3n) is 6.48. The molecule has 0 radical (unpaired) electrons. The number of piperidine rings is 2. The molecule has 2 amide bonds. The van der Waals surface area contributed by atoms with Crippen molar-refractivity contribution >= 4 is 11.8 Å². The summed E-state index contributed by atoms with van der Waals surface area (Å²) >= 11 is 0. The minimum atomic E-state index is 0.0844. The second kappa shape index (κ2) is 10.5. The van der Waals surface area contributed by atoms with E-state index in [1.54, 1.807) is 18.6 Å². The molecule has 2 saturated heterocycles. The lowest BCUT2D eigenvalue weighted by atomic mass is 9.92. The molecule has 0 bridgehead atoms. The molecule has 2 aromatic heterocycles. The Morgan fingerprint density at radius 2 is 1.77 bits per heavy atom. The highest BCUT2D eigenvalue weighted by Gasteiger charge is 2.31. The summed E-state index contributed by atoms with van der Waals surface area (Å²) in [5.74, 6) is 0.414. The molecule has 2 aliphatic rings. The SMILES string of the molecule is O=C(NCc1ccccn1)C1CCN(C2CCN(C(=O)Cc3cccnc3)CC2)CC1. The highest BCUT2D eigenvalue weighted by atomic mass is 16.2. The van der Waals surface area contributed by atoms with E-state index in [1.165, 1.54) is 0 Å². The van der Waals surface area contributed by atoms with Gasteiger partial charge in [0.25, 0.3) is 0 Å². The Balaban J connectivity index is 1.17. The van der Waals surface area contributed by atoms with Gasteiger partial charge in [-0.05, 0) is 62.5 Å². The largest absolute Gasteiger partial charge is 0.350 e. The van der Waals surface area contributed by atoms with Crippen LogP contribution in [0.1, 0.15) is 36.9 Å². The van der Waals surface area contributed by atoms with Gasteiger partial charge in [0, 0.05) is 43.6 Å². The molecule has 0 aliphatic carbocycles. The summed E-state index contributed by atoms with van der Waals surface area (Å²) in [6.07, 6.45) is 9.48. The van der Waals surface area contributed by atoms with Crippen LogP contribution in [0.25, 0.3) is 0 Å². The van der Waals surface area contributed by atoms with Gasteiger partial charge in [-0.1, -0.05) is 12.1 Å². The number of hydrogen-bond donors (Lipinski definition) is 1. The lowest BCUT2D eigenvalue weighted by Gasteiger charge is -2.41. The first kappa shape index (κ1) is 21.4. The lowest BCUT2D eigenvalue weighted by molar-refractivity contribution is -0.132. The van der Waals surface area contributed by atoms with Crippen molar-refractivity contribution in [3.8, 4) is 0 Å². The number of carbonyl (C=O) groups excluding carboxylic acids is 2. The molecule has 1 N–H and O–H groups in total. The maximum Gasteiger partial charge on any atom is 0.227 e. The Labute approximate surface area is 183 Å². The van der Waals surface area contributed by atoms with Gasteiger partial charge in [-0.2, -0.15) is 0 Å². The molecule has 0 atom stereocenters. The minimum Gasteiger partial charge on any atom is -0.350 e. The normalized spacial score (nSPS) is 18.6. The lowest BCUT2D eigenvalue weighted by Crippen LogP contribution is -2.50. The summed E-state index contributed by atoms with van der Waals surface area (Å²) in [5, 5.41) is 3.03. The van der Waals surface area contributed by atoms with E-state index in [9.17, 15) is 9.59 Å². The van der Waals surface area contributed by atoms with Crippen LogP contribution in [0.2, 0.25) is 0 Å². The molecule has 31 heavy (non-hydrogen) atoms. The van der Waals surface area contributed by atoms with Crippen LogP contribution in [0, 0.1) is 5.92 Å². The van der Waals surface area contributed by atoms with E-state index in [2.05, 4.69) is 20.2 Å². The number of aromatic nitrogens is 2. The average molecular weight is 422 g/mol. The van der Waals surface area contributed by atoms with Crippen LogP contribution < -0.4 is 5.32 Å². The Morgan fingerprint density at radius 3 is 2.45 bits per heavy atom. The number of amides is 2. The van der Waals surface area contributed by atoms with Crippen molar-refractivity contribution in [2.24, 2.45) is 5.92 Å². The monoisotopic (exact) mass is 421 g/mol. The van der Waals surface area contributed by atoms with Crippen molar-refractivity contribution in [2.45, 2.75) is 44.7 Å². The van der Waals surface area contributed by atoms with Gasteiger partial charge in [-0.25, -0.2) is 0 Å². The summed E-state index contributed by atoms with van der Waals surface area (Å²) < 4.78 is 0. The topological polar surface area (TPSA) is 78.4 Å². The predicted octanol–water partition coefficient (Wildman–Crippen LogP) is 2.04. The van der Waals surface area contributed by atoms with Crippen molar-refractivity contribution in [3.63, 3.8) is 0 Å². The van der Waals surface area contributed by atoms with Crippen molar-refractivity contribution in [3.05, 3.63) is 60.2 Å². The fraction of sp³-hybridized carbons (Fsp3) is 0.500. The number of likely N-dealkylation sites (tertiary alicyclic amines) is 2. The standard InChI is InChI=1S/C24H31N5O2/c30-23(16-19-4-3-10-25-17-19)29-14-8-22(9-15-29)28-12-6-20(7-13-28)24(31)27-18-21-5-1-2-11-26-21/h1-5,10-11,17,20,22H,6-9,12-16,18H2,(H,27,31). The maximum absolute atomic E-state index is 12.6. The molecular weight excluding hydrogens is 390 g/mol. The van der Waals surface area contributed by atoms with Crippen LogP contribution >= 0.6 is 0 Å². The van der Waals surface area contributed by atoms with Crippen LogP contribution in [0.3, 0.4) is 0 Å². The first-order valence-corrected chi connectivity index (χ1v) is 11.3. The van der Waals surface area contributed by atoms with Crippen molar-refractivity contribution in [1.29, 1.82) is 0 Å². The van der Waals surface area contributed by atoms with Gasteiger partial charge in [0.1, 0.15) is 0 Å². The first-order chi connectivity index (χ1) is 15.2. The van der Waals surface area contributed by atoms with E-state index in [0.717, 1.165) is 63.1 Å². The smallest absolute Gasteiger partial charge is 0.227 e. The number of rotatable bonds is 6. The average Bonchev–Trinajstić information content (AvgIpc) is 2.84. The molecule has 7 heteroatoms. The van der Waals surface area contributed by atoms with Crippen LogP contribution in [-0.4, -0.2) is 63.8 Å². The highest BCUT2D eigenvalue weighted by Crippen LogP contribution is 2.24. The van der Waals surface area contributed by atoms with E-state index < -0.39 is 0 Å². The molecule has 4 rings (SSSR count). The van der Waals surface area contributed by atoms with Crippen LogP contribution in [0.15, 0.2) is 48.9 Å². The predicted molar refractivity (Wildman–Crippen MR) is 118 cm³/mol. The minimum absolute atomic E-state index is 0.0844. The zero-order valence-corrected chi connectivity index (χ0v) is 17.9. The Kier molecular flexibility index (Phi) is 7.25. The van der Waals surface area contributed by atoms with E-state index in [1.807, 2.05) is 35.2 Å². The van der Waals surface area contributed by atoms with E-state index in [0.29, 0.717) is 19.0 Å². The summed E-state index contributed by atoms with van der Waals surface area (Å²) in [7, 11) is 0. The number of carbonyl (C=O) groups is 2. The molecule has 4 heterocycles. The molecule has 164 valence electrons. The molecule has 7 nitrogen and oxygen atoms in total. The van der Waals surface area contributed by atoms with Gasteiger partial charge in [-0.3, -0.25) is 19.6 Å². The quantitative estimate of drug-likeness (QED) is 0.772. The molecule has 2 aromatic rings. The molecule has 0 spiro atoms. The van der Waals surface area contributed by atoms with Gasteiger partial charge in [0.05, 0.1) is 18.7 Å². The van der Waals surface area contributed by atoms with Crippen molar-refractivity contribution in [2.75, 3.05) is 26.2 Å². The van der Waals surface area contributed by atoms with Crippen molar-refractivity contribution in [1.82, 2.24) is 25.1 Å². The zero-order chi connectivity index (χ0) is 21.5. The summed E-state index contributed by atoms with van der Waals surface area (Å²) in [6, 6.07) is 10.1. The second-order valence-corrected chi connectivity index (χ2v) is 8.50. The molecule has 2 aliphatic heterocycles. The molecule has 0 saturated carbocycles. The van der Waals surface area contributed by atoms with E-state index >= 15 is 0 Å². The van der Waals surface area contributed by atoms with Crippen LogP contribution in [-0.2, 0) is 22.6 Å². The highest BCUT2D eigenvalue weighted by molar-refractivity contribution is 5.79. The number of nitrogens with one attached hydrogen (secondary N) is 1.